The largest absolute Gasteiger partial charge is 0.512 e. The van der Waals surface area contributed by atoms with Crippen LogP contribution in [0, 0.1) is 5.41 Å². The van der Waals surface area contributed by atoms with Gasteiger partial charge in [-0.1, -0.05) is 42.8 Å². The Morgan fingerprint density at radius 1 is 1.13 bits per heavy atom. The van der Waals surface area contributed by atoms with Crippen molar-refractivity contribution in [3.8, 4) is 11.6 Å². The van der Waals surface area contributed by atoms with Crippen LogP contribution in [0.15, 0.2) is 52.8 Å². The number of aryl methyl sites for hydroxylation is 1. The molecule has 0 saturated heterocycles. The van der Waals surface area contributed by atoms with Crippen LogP contribution in [-0.4, -0.2) is 20.9 Å². The zero-order valence-corrected chi connectivity index (χ0v) is 18.8. The van der Waals surface area contributed by atoms with E-state index in [1.165, 1.54) is 0 Å². The van der Waals surface area contributed by atoms with Crippen LogP contribution in [0.4, 0.5) is 0 Å². The van der Waals surface area contributed by atoms with Gasteiger partial charge in [-0.15, -0.1) is 0 Å². The summed E-state index contributed by atoms with van der Waals surface area (Å²) < 4.78 is 6.88. The van der Waals surface area contributed by atoms with E-state index in [1.54, 1.807) is 6.20 Å². The number of aromatic nitrogens is 2. The highest BCUT2D eigenvalue weighted by atomic mass is 79.9. The van der Waals surface area contributed by atoms with Crippen LogP contribution >= 0.6 is 15.9 Å². The standard InChI is InChI=1S/C24H23BrN2O3/c1-4-14-5-7-16(10-17(14)23-20(28)11-24(2,3)12-21(23)29)30-22-13-26-18-8-6-15(25)9-19(18)27-22/h5-10,13,28H,4,11-12H2,1-3H3. The maximum atomic E-state index is 12.9. The third-order valence-corrected chi connectivity index (χ3v) is 5.78. The Kier molecular flexibility index (Phi) is 5.36. The summed E-state index contributed by atoms with van der Waals surface area (Å²) in [5.74, 6) is 1.03. The van der Waals surface area contributed by atoms with Crippen molar-refractivity contribution in [3.63, 3.8) is 0 Å². The number of fused-ring (bicyclic) bond motifs is 1. The number of rotatable bonds is 4. The summed E-state index contributed by atoms with van der Waals surface area (Å²) in [7, 11) is 0. The fraction of sp³-hybridized carbons (Fsp3) is 0.292. The Bertz CT molecular complexity index is 1180. The molecule has 1 aromatic heterocycles. The van der Waals surface area contributed by atoms with Crippen molar-refractivity contribution in [3.05, 3.63) is 64.0 Å². The second-order valence-corrected chi connectivity index (χ2v) is 9.29. The number of halogens is 1. The first-order chi connectivity index (χ1) is 14.3. The van der Waals surface area contributed by atoms with Gasteiger partial charge in [0, 0.05) is 17.3 Å². The number of benzene rings is 2. The lowest BCUT2D eigenvalue weighted by molar-refractivity contribution is -0.116. The molecule has 1 heterocycles. The van der Waals surface area contributed by atoms with Gasteiger partial charge >= 0.3 is 0 Å². The van der Waals surface area contributed by atoms with Crippen molar-refractivity contribution in [1.82, 2.24) is 9.97 Å². The predicted octanol–water partition coefficient (Wildman–Crippen LogP) is 6.41. The van der Waals surface area contributed by atoms with E-state index in [0.29, 0.717) is 30.0 Å². The number of Topliss-reactive ketones (excluding diaryl/α,β-unsaturated/α-hetero) is 1. The van der Waals surface area contributed by atoms with Gasteiger partial charge in [0.2, 0.25) is 5.88 Å². The van der Waals surface area contributed by atoms with Gasteiger partial charge in [0.15, 0.2) is 5.78 Å². The second kappa shape index (κ2) is 7.84. The molecule has 5 nitrogen and oxygen atoms in total. The summed E-state index contributed by atoms with van der Waals surface area (Å²) in [6.45, 7) is 6.02. The molecule has 1 N–H and O–H groups in total. The second-order valence-electron chi connectivity index (χ2n) is 8.38. The lowest BCUT2D eigenvalue weighted by Crippen LogP contribution is -2.25. The smallest absolute Gasteiger partial charge is 0.238 e. The highest BCUT2D eigenvalue weighted by molar-refractivity contribution is 9.10. The van der Waals surface area contributed by atoms with Crippen molar-refractivity contribution < 1.29 is 14.6 Å². The molecule has 0 unspecified atom stereocenters. The van der Waals surface area contributed by atoms with Gasteiger partial charge in [0.25, 0.3) is 0 Å². The fourth-order valence-electron chi connectivity index (χ4n) is 3.89. The summed E-state index contributed by atoms with van der Waals surface area (Å²) in [5, 5.41) is 10.7. The summed E-state index contributed by atoms with van der Waals surface area (Å²) in [6, 6.07) is 11.3. The molecule has 154 valence electrons. The topological polar surface area (TPSA) is 72.3 Å². The highest BCUT2D eigenvalue weighted by Crippen LogP contribution is 2.41. The maximum Gasteiger partial charge on any atom is 0.238 e. The maximum absolute atomic E-state index is 12.9. The van der Waals surface area contributed by atoms with Crippen LogP contribution in [0.5, 0.6) is 11.6 Å². The van der Waals surface area contributed by atoms with Crippen LogP contribution in [0.25, 0.3) is 16.6 Å². The molecule has 2 aromatic carbocycles. The minimum atomic E-state index is -0.236. The number of ether oxygens (including phenoxy) is 1. The first-order valence-corrected chi connectivity index (χ1v) is 10.7. The van der Waals surface area contributed by atoms with Gasteiger partial charge in [-0.2, -0.15) is 0 Å². The normalized spacial score (nSPS) is 16.2. The van der Waals surface area contributed by atoms with Gasteiger partial charge in [0.1, 0.15) is 11.5 Å². The molecule has 0 atom stereocenters. The molecule has 30 heavy (non-hydrogen) atoms. The van der Waals surface area contributed by atoms with E-state index in [-0.39, 0.29) is 17.0 Å². The van der Waals surface area contributed by atoms with Crippen molar-refractivity contribution in [1.29, 1.82) is 0 Å². The highest BCUT2D eigenvalue weighted by Gasteiger charge is 2.34. The number of ketones is 1. The molecule has 0 aliphatic heterocycles. The Morgan fingerprint density at radius 3 is 2.67 bits per heavy atom. The van der Waals surface area contributed by atoms with E-state index in [4.69, 9.17) is 4.74 Å². The zero-order chi connectivity index (χ0) is 21.5. The summed E-state index contributed by atoms with van der Waals surface area (Å²) in [6.07, 6.45) is 3.21. The molecular weight excluding hydrogens is 444 g/mol. The number of allylic oxidation sites excluding steroid dienone is 2. The van der Waals surface area contributed by atoms with Gasteiger partial charge in [-0.3, -0.25) is 4.79 Å². The SMILES string of the molecule is CCc1ccc(Oc2cnc3ccc(Br)cc3n2)cc1C1=C(O)CC(C)(C)CC1=O. The van der Waals surface area contributed by atoms with Gasteiger partial charge in [-0.25, -0.2) is 9.97 Å². The van der Waals surface area contributed by atoms with Crippen LogP contribution in [-0.2, 0) is 11.2 Å². The predicted molar refractivity (Wildman–Crippen MR) is 121 cm³/mol. The average molecular weight is 467 g/mol. The first kappa shape index (κ1) is 20.5. The third kappa shape index (κ3) is 4.10. The number of hydrogen-bond acceptors (Lipinski definition) is 5. The third-order valence-electron chi connectivity index (χ3n) is 5.29. The minimum Gasteiger partial charge on any atom is -0.512 e. The van der Waals surface area contributed by atoms with Gasteiger partial charge in [-0.05, 0) is 53.3 Å². The number of carbonyl (C=O) groups is 1. The lowest BCUT2D eigenvalue weighted by Gasteiger charge is -2.30. The molecule has 1 aliphatic rings. The summed E-state index contributed by atoms with van der Waals surface area (Å²) >= 11 is 3.44. The number of aliphatic hydroxyl groups excluding tert-OH is 1. The van der Waals surface area contributed by atoms with Crippen molar-refractivity contribution >= 4 is 38.3 Å². The first-order valence-electron chi connectivity index (χ1n) is 9.94. The van der Waals surface area contributed by atoms with Crippen molar-refractivity contribution in [2.75, 3.05) is 0 Å². The van der Waals surface area contributed by atoms with E-state index in [2.05, 4.69) is 25.9 Å². The molecule has 0 spiro atoms. The van der Waals surface area contributed by atoms with Gasteiger partial charge in [0.05, 0.1) is 22.8 Å². The molecular formula is C24H23BrN2O3. The fourth-order valence-corrected chi connectivity index (χ4v) is 4.24. The van der Waals surface area contributed by atoms with Gasteiger partial charge < -0.3 is 9.84 Å². The van der Waals surface area contributed by atoms with E-state index < -0.39 is 0 Å². The zero-order valence-electron chi connectivity index (χ0n) is 17.2. The summed E-state index contributed by atoms with van der Waals surface area (Å²) in [4.78, 5) is 21.8. The number of aliphatic hydroxyl groups is 1. The van der Waals surface area contributed by atoms with Crippen LogP contribution in [0.2, 0.25) is 0 Å². The quantitative estimate of drug-likeness (QED) is 0.480. The van der Waals surface area contributed by atoms with Crippen LogP contribution in [0.1, 0.15) is 44.7 Å². The Balaban J connectivity index is 1.72. The van der Waals surface area contributed by atoms with E-state index in [0.717, 1.165) is 33.1 Å². The minimum absolute atomic E-state index is 0.0362. The molecule has 0 saturated carbocycles. The molecule has 4 rings (SSSR count). The van der Waals surface area contributed by atoms with Crippen LogP contribution in [0.3, 0.4) is 0 Å². The van der Waals surface area contributed by atoms with E-state index in [9.17, 15) is 9.90 Å². The Hall–Kier alpha value is -2.73. The number of carbonyl (C=O) groups excluding carboxylic acids is 1. The van der Waals surface area contributed by atoms with E-state index in [1.807, 2.05) is 57.2 Å². The van der Waals surface area contributed by atoms with Crippen LogP contribution < -0.4 is 4.74 Å². The van der Waals surface area contributed by atoms with Crippen molar-refractivity contribution in [2.45, 2.75) is 40.0 Å². The molecule has 0 bridgehead atoms. The average Bonchev–Trinajstić information content (AvgIpc) is 2.66. The lowest BCUT2D eigenvalue weighted by atomic mass is 9.74. The Labute approximate surface area is 184 Å². The molecule has 0 fully saturated rings. The molecule has 0 radical (unpaired) electrons. The monoisotopic (exact) mass is 466 g/mol. The Morgan fingerprint density at radius 2 is 1.93 bits per heavy atom. The molecule has 0 amide bonds. The molecule has 6 heteroatoms. The van der Waals surface area contributed by atoms with Crippen molar-refractivity contribution in [2.24, 2.45) is 5.41 Å². The number of nitrogens with zero attached hydrogens (tertiary/aromatic N) is 2. The summed E-state index contributed by atoms with van der Waals surface area (Å²) in [5.41, 5.74) is 3.38. The molecule has 1 aliphatic carbocycles. The molecule has 3 aromatic rings. The number of hydrogen-bond donors (Lipinski definition) is 1. The van der Waals surface area contributed by atoms with E-state index >= 15 is 0 Å².